The van der Waals surface area contributed by atoms with E-state index in [0.717, 1.165) is 43.4 Å². The molecule has 138 valence electrons. The summed E-state index contributed by atoms with van der Waals surface area (Å²) in [7, 11) is 1.88. The topological polar surface area (TPSA) is 38.1 Å². The Morgan fingerprint density at radius 1 is 1.07 bits per heavy atom. The van der Waals surface area contributed by atoms with Crippen LogP contribution >= 0.6 is 0 Å². The van der Waals surface area contributed by atoms with Crippen LogP contribution < -0.4 is 0 Å². The van der Waals surface area contributed by atoms with Gasteiger partial charge in [-0.2, -0.15) is 5.10 Å². The molecule has 4 heteroatoms. The SMILES string of the molecule is Cn1nc(C(=O)C=CC2CCN(Cc3ccccc3)CC2)c2ccccc21. The van der Waals surface area contributed by atoms with E-state index in [-0.39, 0.29) is 5.78 Å². The van der Waals surface area contributed by atoms with Gasteiger partial charge in [-0.3, -0.25) is 14.4 Å². The molecule has 1 aliphatic rings. The van der Waals surface area contributed by atoms with Crippen LogP contribution in [0.2, 0.25) is 0 Å². The summed E-state index contributed by atoms with van der Waals surface area (Å²) in [4.78, 5) is 15.1. The van der Waals surface area contributed by atoms with Gasteiger partial charge in [0.2, 0.25) is 5.78 Å². The Balaban J connectivity index is 1.36. The fourth-order valence-corrected chi connectivity index (χ4v) is 3.84. The molecule has 0 amide bonds. The minimum Gasteiger partial charge on any atom is -0.299 e. The molecule has 0 N–H and O–H groups in total. The molecule has 4 nitrogen and oxygen atoms in total. The molecule has 0 spiro atoms. The molecule has 0 aliphatic carbocycles. The largest absolute Gasteiger partial charge is 0.299 e. The van der Waals surface area contributed by atoms with Gasteiger partial charge in [0.1, 0.15) is 5.69 Å². The molecule has 0 unspecified atom stereocenters. The highest BCUT2D eigenvalue weighted by Gasteiger charge is 2.18. The van der Waals surface area contributed by atoms with Crippen LogP contribution in [0.4, 0.5) is 0 Å². The second-order valence-corrected chi connectivity index (χ2v) is 7.31. The maximum atomic E-state index is 12.6. The lowest BCUT2D eigenvalue weighted by molar-refractivity contribution is 0.104. The number of carbonyl (C=O) groups excluding carboxylic acids is 1. The van der Waals surface area contributed by atoms with E-state index in [9.17, 15) is 4.79 Å². The van der Waals surface area contributed by atoms with Gasteiger partial charge in [-0.05, 0) is 49.6 Å². The molecule has 0 saturated carbocycles. The number of hydrogen-bond donors (Lipinski definition) is 0. The highest BCUT2D eigenvalue weighted by molar-refractivity contribution is 6.11. The first-order chi connectivity index (χ1) is 13.2. The van der Waals surface area contributed by atoms with Gasteiger partial charge in [-0.1, -0.05) is 54.6 Å². The highest BCUT2D eigenvalue weighted by atomic mass is 16.1. The highest BCUT2D eigenvalue weighted by Crippen LogP contribution is 2.22. The van der Waals surface area contributed by atoms with E-state index in [1.165, 1.54) is 5.56 Å². The fraction of sp³-hybridized carbons (Fsp3) is 0.304. The Morgan fingerprint density at radius 3 is 2.56 bits per heavy atom. The van der Waals surface area contributed by atoms with Gasteiger partial charge in [0.05, 0.1) is 5.52 Å². The van der Waals surface area contributed by atoms with Crippen molar-refractivity contribution in [2.45, 2.75) is 19.4 Å². The number of para-hydroxylation sites is 1. The van der Waals surface area contributed by atoms with Crippen molar-refractivity contribution in [3.05, 3.63) is 78.0 Å². The number of piperidine rings is 1. The smallest absolute Gasteiger partial charge is 0.206 e. The standard InChI is InChI=1S/C23H25N3O/c1-25-21-10-6-5-9-20(21)23(24-25)22(27)12-11-18-13-15-26(16-14-18)17-19-7-3-2-4-8-19/h2-12,18H,13-17H2,1H3. The Kier molecular flexibility index (Phi) is 5.16. The number of aryl methyl sites for hydroxylation is 1. The molecule has 27 heavy (non-hydrogen) atoms. The fourth-order valence-electron chi connectivity index (χ4n) is 3.84. The van der Waals surface area contributed by atoms with Crippen molar-refractivity contribution in [2.24, 2.45) is 13.0 Å². The van der Waals surface area contributed by atoms with Crippen LogP contribution in [0.25, 0.3) is 10.9 Å². The third-order valence-corrected chi connectivity index (χ3v) is 5.39. The van der Waals surface area contributed by atoms with Gasteiger partial charge < -0.3 is 0 Å². The van der Waals surface area contributed by atoms with Crippen LogP contribution in [0.3, 0.4) is 0 Å². The Labute approximate surface area is 160 Å². The number of nitrogens with zero attached hydrogens (tertiary/aromatic N) is 3. The van der Waals surface area contributed by atoms with Gasteiger partial charge in [0, 0.05) is 19.0 Å². The van der Waals surface area contributed by atoms with Crippen molar-refractivity contribution in [3.8, 4) is 0 Å². The van der Waals surface area contributed by atoms with Crippen molar-refractivity contribution < 1.29 is 4.79 Å². The Morgan fingerprint density at radius 2 is 1.78 bits per heavy atom. The Hall–Kier alpha value is -2.72. The molecule has 0 bridgehead atoms. The Bertz CT molecular complexity index is 950. The van der Waals surface area contributed by atoms with E-state index >= 15 is 0 Å². The number of fused-ring (bicyclic) bond motifs is 1. The van der Waals surface area contributed by atoms with Crippen molar-refractivity contribution in [2.75, 3.05) is 13.1 Å². The first-order valence-electron chi connectivity index (χ1n) is 9.61. The zero-order valence-electron chi connectivity index (χ0n) is 15.7. The summed E-state index contributed by atoms with van der Waals surface area (Å²) in [5, 5.41) is 5.34. The molecular formula is C23H25N3O. The maximum Gasteiger partial charge on any atom is 0.206 e. The number of carbonyl (C=O) groups is 1. The summed E-state index contributed by atoms with van der Waals surface area (Å²) in [6.45, 7) is 3.16. The van der Waals surface area contributed by atoms with Crippen LogP contribution in [0.1, 0.15) is 28.9 Å². The molecule has 1 fully saturated rings. The summed E-state index contributed by atoms with van der Waals surface area (Å²) in [5.74, 6) is 0.467. The molecule has 2 aromatic carbocycles. The van der Waals surface area contributed by atoms with Crippen LogP contribution in [0, 0.1) is 5.92 Å². The molecule has 3 aromatic rings. The molecule has 2 heterocycles. The summed E-state index contributed by atoms with van der Waals surface area (Å²) < 4.78 is 1.78. The predicted molar refractivity (Wildman–Crippen MR) is 109 cm³/mol. The van der Waals surface area contributed by atoms with Gasteiger partial charge in [-0.25, -0.2) is 0 Å². The maximum absolute atomic E-state index is 12.6. The zero-order chi connectivity index (χ0) is 18.6. The number of hydrogen-bond acceptors (Lipinski definition) is 3. The van der Waals surface area contributed by atoms with Crippen molar-refractivity contribution >= 4 is 16.7 Å². The third kappa shape index (κ3) is 4.01. The van der Waals surface area contributed by atoms with E-state index in [2.05, 4.69) is 46.4 Å². The zero-order valence-corrected chi connectivity index (χ0v) is 15.7. The molecule has 1 aromatic heterocycles. The average molecular weight is 359 g/mol. The molecule has 1 saturated heterocycles. The van der Waals surface area contributed by atoms with E-state index in [1.807, 2.05) is 31.3 Å². The predicted octanol–water partition coefficient (Wildman–Crippen LogP) is 4.22. The van der Waals surface area contributed by atoms with Gasteiger partial charge in [0.15, 0.2) is 0 Å². The van der Waals surface area contributed by atoms with Gasteiger partial charge >= 0.3 is 0 Å². The van der Waals surface area contributed by atoms with E-state index in [0.29, 0.717) is 11.6 Å². The second kappa shape index (κ2) is 7.89. The molecule has 0 atom stereocenters. The number of allylic oxidation sites excluding steroid dienone is 2. The van der Waals surface area contributed by atoms with Crippen LogP contribution in [-0.4, -0.2) is 33.6 Å². The van der Waals surface area contributed by atoms with Gasteiger partial charge in [0.25, 0.3) is 0 Å². The monoisotopic (exact) mass is 359 g/mol. The lowest BCUT2D eigenvalue weighted by atomic mass is 9.95. The summed E-state index contributed by atoms with van der Waals surface area (Å²) in [5.41, 5.74) is 2.90. The van der Waals surface area contributed by atoms with Gasteiger partial charge in [-0.15, -0.1) is 0 Å². The summed E-state index contributed by atoms with van der Waals surface area (Å²) in [6, 6.07) is 18.5. The number of ketones is 1. The lowest BCUT2D eigenvalue weighted by Gasteiger charge is -2.30. The number of likely N-dealkylation sites (tertiary alicyclic amines) is 1. The molecule has 1 aliphatic heterocycles. The van der Waals surface area contributed by atoms with Crippen molar-refractivity contribution in [3.63, 3.8) is 0 Å². The van der Waals surface area contributed by atoms with Crippen molar-refractivity contribution in [1.29, 1.82) is 0 Å². The van der Waals surface area contributed by atoms with Crippen molar-refractivity contribution in [1.82, 2.24) is 14.7 Å². The van der Waals surface area contributed by atoms with Crippen LogP contribution in [0.15, 0.2) is 66.7 Å². The first-order valence-corrected chi connectivity index (χ1v) is 9.61. The first kappa shape index (κ1) is 17.7. The number of rotatable bonds is 5. The van der Waals surface area contributed by atoms with E-state index in [1.54, 1.807) is 10.8 Å². The molecule has 4 rings (SSSR count). The summed E-state index contributed by atoms with van der Waals surface area (Å²) >= 11 is 0. The average Bonchev–Trinajstić information content (AvgIpc) is 3.05. The summed E-state index contributed by atoms with van der Waals surface area (Å²) in [6.07, 6.45) is 6.01. The van der Waals surface area contributed by atoms with E-state index in [4.69, 9.17) is 0 Å². The van der Waals surface area contributed by atoms with Crippen LogP contribution in [-0.2, 0) is 13.6 Å². The number of aromatic nitrogens is 2. The lowest BCUT2D eigenvalue weighted by Crippen LogP contribution is -2.32. The van der Waals surface area contributed by atoms with E-state index < -0.39 is 0 Å². The minimum atomic E-state index is -0.00137. The molecule has 0 radical (unpaired) electrons. The second-order valence-electron chi connectivity index (χ2n) is 7.31. The molecular weight excluding hydrogens is 334 g/mol. The number of benzene rings is 2. The van der Waals surface area contributed by atoms with Crippen LogP contribution in [0.5, 0.6) is 0 Å². The minimum absolute atomic E-state index is 0.00137. The quantitative estimate of drug-likeness (QED) is 0.505. The normalized spacial score (nSPS) is 16.3. The third-order valence-electron chi connectivity index (χ3n) is 5.39.